The summed E-state index contributed by atoms with van der Waals surface area (Å²) in [6.07, 6.45) is 2.57. The second-order valence-electron chi connectivity index (χ2n) is 6.55. The van der Waals surface area contributed by atoms with Gasteiger partial charge in [-0.2, -0.15) is 0 Å². The Morgan fingerprint density at radius 3 is 2.22 bits per heavy atom. The van der Waals surface area contributed by atoms with Gasteiger partial charge in [-0.15, -0.1) is 0 Å². The standard InChI is InChI=1S/C20H24N2O/c1-22-13-12-18(14-16-8-4-2-5-9-16)20(22,19(21)23)15-17-10-6-3-7-11-17/h2-11,18H,12-15H2,1H3,(H2,21,23)/t18?,20-/m0/s1. The molecule has 1 aliphatic rings. The fraction of sp³-hybridized carbons (Fsp3) is 0.350. The van der Waals surface area contributed by atoms with E-state index in [1.54, 1.807) is 0 Å². The summed E-state index contributed by atoms with van der Waals surface area (Å²) in [6, 6.07) is 20.6. The van der Waals surface area contributed by atoms with E-state index in [0.717, 1.165) is 24.9 Å². The smallest absolute Gasteiger partial charge is 0.238 e. The van der Waals surface area contributed by atoms with Crippen molar-refractivity contribution >= 4 is 5.91 Å². The highest BCUT2D eigenvalue weighted by Gasteiger charge is 2.51. The third kappa shape index (κ3) is 3.02. The van der Waals surface area contributed by atoms with Gasteiger partial charge in [0.05, 0.1) is 0 Å². The molecule has 1 heterocycles. The number of amides is 1. The van der Waals surface area contributed by atoms with Gasteiger partial charge in [0.1, 0.15) is 5.54 Å². The van der Waals surface area contributed by atoms with Crippen LogP contribution in [0.5, 0.6) is 0 Å². The Kier molecular flexibility index (Phi) is 4.49. The van der Waals surface area contributed by atoms with E-state index in [2.05, 4.69) is 41.3 Å². The maximum absolute atomic E-state index is 12.5. The monoisotopic (exact) mass is 308 g/mol. The first-order chi connectivity index (χ1) is 11.1. The molecule has 3 heteroatoms. The molecule has 0 saturated carbocycles. The van der Waals surface area contributed by atoms with E-state index in [0.29, 0.717) is 6.42 Å². The van der Waals surface area contributed by atoms with Crippen molar-refractivity contribution in [3.8, 4) is 0 Å². The highest BCUT2D eigenvalue weighted by Crippen LogP contribution is 2.38. The van der Waals surface area contributed by atoms with Gasteiger partial charge in [0.2, 0.25) is 5.91 Å². The zero-order valence-electron chi connectivity index (χ0n) is 13.6. The molecule has 2 atom stereocenters. The van der Waals surface area contributed by atoms with Gasteiger partial charge < -0.3 is 5.73 Å². The van der Waals surface area contributed by atoms with E-state index in [9.17, 15) is 4.79 Å². The zero-order valence-corrected chi connectivity index (χ0v) is 13.6. The molecule has 0 radical (unpaired) electrons. The molecule has 2 aromatic carbocycles. The molecule has 120 valence electrons. The minimum Gasteiger partial charge on any atom is -0.368 e. The van der Waals surface area contributed by atoms with E-state index >= 15 is 0 Å². The number of likely N-dealkylation sites (N-methyl/N-ethyl adjacent to an activating group) is 1. The molecule has 0 spiro atoms. The second kappa shape index (κ2) is 6.55. The number of benzene rings is 2. The van der Waals surface area contributed by atoms with Crippen LogP contribution < -0.4 is 5.73 Å². The summed E-state index contributed by atoms with van der Waals surface area (Å²) >= 11 is 0. The van der Waals surface area contributed by atoms with Crippen molar-refractivity contribution in [2.75, 3.05) is 13.6 Å². The van der Waals surface area contributed by atoms with E-state index in [1.807, 2.05) is 31.3 Å². The van der Waals surface area contributed by atoms with Gasteiger partial charge in [-0.05, 0) is 43.5 Å². The normalized spacial score (nSPS) is 24.7. The number of rotatable bonds is 5. The van der Waals surface area contributed by atoms with Crippen LogP contribution in [0.1, 0.15) is 17.5 Å². The van der Waals surface area contributed by atoms with Gasteiger partial charge in [-0.25, -0.2) is 0 Å². The van der Waals surface area contributed by atoms with Gasteiger partial charge in [0, 0.05) is 6.42 Å². The molecular formula is C20H24N2O. The fourth-order valence-electron chi connectivity index (χ4n) is 3.93. The van der Waals surface area contributed by atoms with Crippen LogP contribution in [-0.2, 0) is 17.6 Å². The molecule has 23 heavy (non-hydrogen) atoms. The summed E-state index contributed by atoms with van der Waals surface area (Å²) in [5, 5.41) is 0. The first-order valence-corrected chi connectivity index (χ1v) is 8.22. The molecule has 1 amide bonds. The molecule has 0 aliphatic carbocycles. The van der Waals surface area contributed by atoms with Crippen LogP contribution in [0.3, 0.4) is 0 Å². The molecule has 0 bridgehead atoms. The van der Waals surface area contributed by atoms with Crippen LogP contribution in [0.2, 0.25) is 0 Å². The number of nitrogens with zero attached hydrogens (tertiary/aromatic N) is 1. The van der Waals surface area contributed by atoms with Gasteiger partial charge in [0.25, 0.3) is 0 Å². The number of hydrogen-bond donors (Lipinski definition) is 1. The minimum absolute atomic E-state index is 0.206. The molecule has 1 fully saturated rings. The summed E-state index contributed by atoms with van der Waals surface area (Å²) in [4.78, 5) is 14.7. The molecule has 1 saturated heterocycles. The SMILES string of the molecule is CN1CCC(Cc2ccccc2)[C@@]1(Cc1ccccc1)C(N)=O. The van der Waals surface area contributed by atoms with E-state index in [4.69, 9.17) is 5.73 Å². The van der Waals surface area contributed by atoms with E-state index in [-0.39, 0.29) is 11.8 Å². The molecule has 2 N–H and O–H groups in total. The Morgan fingerprint density at radius 2 is 1.65 bits per heavy atom. The maximum atomic E-state index is 12.5. The first-order valence-electron chi connectivity index (χ1n) is 8.22. The van der Waals surface area contributed by atoms with Crippen molar-refractivity contribution in [3.63, 3.8) is 0 Å². The Morgan fingerprint density at radius 1 is 1.09 bits per heavy atom. The molecule has 3 nitrogen and oxygen atoms in total. The molecule has 3 rings (SSSR count). The van der Waals surface area contributed by atoms with E-state index in [1.165, 1.54) is 5.56 Å². The highest BCUT2D eigenvalue weighted by molar-refractivity contribution is 5.86. The van der Waals surface area contributed by atoms with Crippen LogP contribution >= 0.6 is 0 Å². The van der Waals surface area contributed by atoms with Crippen molar-refractivity contribution < 1.29 is 4.79 Å². The van der Waals surface area contributed by atoms with Crippen molar-refractivity contribution in [1.29, 1.82) is 0 Å². The number of likely N-dealkylation sites (tertiary alicyclic amines) is 1. The zero-order chi connectivity index (χ0) is 16.3. The topological polar surface area (TPSA) is 46.3 Å². The van der Waals surface area contributed by atoms with Gasteiger partial charge in [-0.1, -0.05) is 60.7 Å². The Labute approximate surface area is 138 Å². The lowest BCUT2D eigenvalue weighted by Crippen LogP contribution is -2.58. The van der Waals surface area contributed by atoms with Crippen molar-refractivity contribution in [2.45, 2.75) is 24.8 Å². The van der Waals surface area contributed by atoms with Crippen LogP contribution in [0.4, 0.5) is 0 Å². The number of hydrogen-bond acceptors (Lipinski definition) is 2. The molecule has 0 aromatic heterocycles. The first kappa shape index (κ1) is 15.8. The summed E-state index contributed by atoms with van der Waals surface area (Å²) in [6.45, 7) is 0.910. The summed E-state index contributed by atoms with van der Waals surface area (Å²) in [7, 11) is 2.03. The predicted molar refractivity (Wildman–Crippen MR) is 93.0 cm³/mol. The second-order valence-corrected chi connectivity index (χ2v) is 6.55. The van der Waals surface area contributed by atoms with Gasteiger partial charge >= 0.3 is 0 Å². The Balaban J connectivity index is 1.92. The maximum Gasteiger partial charge on any atom is 0.238 e. The summed E-state index contributed by atoms with van der Waals surface area (Å²) in [5.41, 5.74) is 7.77. The third-order valence-corrected chi connectivity index (χ3v) is 5.24. The average Bonchev–Trinajstić information content (AvgIpc) is 2.87. The quantitative estimate of drug-likeness (QED) is 0.923. The lowest BCUT2D eigenvalue weighted by Gasteiger charge is -2.38. The summed E-state index contributed by atoms with van der Waals surface area (Å²) < 4.78 is 0. The van der Waals surface area contributed by atoms with Crippen LogP contribution in [0, 0.1) is 5.92 Å². The van der Waals surface area contributed by atoms with Crippen LogP contribution in [0.15, 0.2) is 60.7 Å². The fourth-order valence-corrected chi connectivity index (χ4v) is 3.93. The van der Waals surface area contributed by atoms with Crippen molar-refractivity contribution in [1.82, 2.24) is 4.90 Å². The molecular weight excluding hydrogens is 284 g/mol. The third-order valence-electron chi connectivity index (χ3n) is 5.24. The summed E-state index contributed by atoms with van der Waals surface area (Å²) in [5.74, 6) is 0.0369. The predicted octanol–water partition coefficient (Wildman–Crippen LogP) is 2.65. The lowest BCUT2D eigenvalue weighted by molar-refractivity contribution is -0.130. The lowest BCUT2D eigenvalue weighted by atomic mass is 9.76. The molecule has 2 aromatic rings. The van der Waals surface area contributed by atoms with Crippen LogP contribution in [0.25, 0.3) is 0 Å². The largest absolute Gasteiger partial charge is 0.368 e. The highest BCUT2D eigenvalue weighted by atomic mass is 16.1. The molecule has 1 unspecified atom stereocenters. The number of nitrogens with two attached hydrogens (primary N) is 1. The van der Waals surface area contributed by atoms with Gasteiger partial charge in [-0.3, -0.25) is 9.69 Å². The minimum atomic E-state index is -0.600. The van der Waals surface area contributed by atoms with Crippen molar-refractivity contribution in [2.24, 2.45) is 11.7 Å². The number of carbonyl (C=O) groups is 1. The van der Waals surface area contributed by atoms with E-state index < -0.39 is 5.54 Å². The number of carbonyl (C=O) groups excluding carboxylic acids is 1. The Hall–Kier alpha value is -2.13. The molecule has 1 aliphatic heterocycles. The average molecular weight is 308 g/mol. The number of primary amides is 1. The van der Waals surface area contributed by atoms with Crippen molar-refractivity contribution in [3.05, 3.63) is 71.8 Å². The van der Waals surface area contributed by atoms with Crippen LogP contribution in [-0.4, -0.2) is 29.9 Å². The van der Waals surface area contributed by atoms with Gasteiger partial charge in [0.15, 0.2) is 0 Å². The Bertz CT molecular complexity index is 656.